The van der Waals surface area contributed by atoms with E-state index in [4.69, 9.17) is 19.4 Å². The first-order chi connectivity index (χ1) is 24.3. The zero-order valence-corrected chi connectivity index (χ0v) is 26.5. The number of nitrogens with zero attached hydrogens (tertiary/aromatic N) is 3. The van der Waals surface area contributed by atoms with Crippen molar-refractivity contribution >= 4 is 21.9 Å². The fourth-order valence-electron chi connectivity index (χ4n) is 6.46. The van der Waals surface area contributed by atoms with Gasteiger partial charge in [0, 0.05) is 33.0 Å². The summed E-state index contributed by atoms with van der Waals surface area (Å²) in [5.41, 5.74) is 11.0. The first-order valence-corrected chi connectivity index (χ1v) is 16.4. The van der Waals surface area contributed by atoms with Gasteiger partial charge in [-0.25, -0.2) is 15.0 Å². The highest BCUT2D eigenvalue weighted by atomic mass is 16.3. The van der Waals surface area contributed by atoms with Gasteiger partial charge in [-0.05, 0) is 52.1 Å². The number of hydrogen-bond donors (Lipinski definition) is 0. The normalized spacial score (nSPS) is 11.3. The summed E-state index contributed by atoms with van der Waals surface area (Å²) in [5, 5.41) is 2.08. The Labute approximate surface area is 284 Å². The van der Waals surface area contributed by atoms with Crippen LogP contribution in [0, 0.1) is 0 Å². The van der Waals surface area contributed by atoms with E-state index in [0.717, 1.165) is 72.0 Å². The van der Waals surface area contributed by atoms with Crippen molar-refractivity contribution in [3.05, 3.63) is 176 Å². The van der Waals surface area contributed by atoms with Crippen molar-refractivity contribution in [2.24, 2.45) is 0 Å². The molecule has 230 valence electrons. The van der Waals surface area contributed by atoms with Crippen LogP contribution in [0.15, 0.2) is 180 Å². The highest BCUT2D eigenvalue weighted by Gasteiger charge is 2.18. The van der Waals surface area contributed by atoms with Gasteiger partial charge in [0.05, 0.1) is 0 Å². The summed E-state index contributed by atoms with van der Waals surface area (Å²) in [7, 11) is 0. The smallest absolute Gasteiger partial charge is 0.164 e. The average Bonchev–Trinajstić information content (AvgIpc) is 3.57. The van der Waals surface area contributed by atoms with E-state index in [1.54, 1.807) is 0 Å². The Morgan fingerprint density at radius 3 is 1.49 bits per heavy atom. The van der Waals surface area contributed by atoms with Crippen molar-refractivity contribution in [3.63, 3.8) is 0 Å². The van der Waals surface area contributed by atoms with Crippen molar-refractivity contribution in [1.82, 2.24) is 15.0 Å². The molecule has 0 aliphatic rings. The van der Waals surface area contributed by atoms with Crippen molar-refractivity contribution < 1.29 is 4.42 Å². The Kier molecular flexibility index (Phi) is 7.10. The summed E-state index contributed by atoms with van der Waals surface area (Å²) in [6.07, 6.45) is 0. The van der Waals surface area contributed by atoms with Crippen molar-refractivity contribution in [2.45, 2.75) is 0 Å². The molecule has 2 aromatic heterocycles. The second-order valence-electron chi connectivity index (χ2n) is 12.1. The minimum atomic E-state index is 0.599. The molecule has 49 heavy (non-hydrogen) atoms. The van der Waals surface area contributed by atoms with E-state index in [1.165, 1.54) is 0 Å². The number of rotatable bonds is 6. The SMILES string of the molecule is c1ccc(-c2ccc(-c3nc(-c4cccc(-c5ccccc5)c4)nc(-c4cc(-c5ccccc5)c5oc6ccccc6c5c4)n3)cc2)cc1. The van der Waals surface area contributed by atoms with Crippen LogP contribution in [-0.2, 0) is 0 Å². The summed E-state index contributed by atoms with van der Waals surface area (Å²) in [4.78, 5) is 15.4. The second kappa shape index (κ2) is 12.2. The molecule has 0 aliphatic heterocycles. The number of fused-ring (bicyclic) bond motifs is 3. The van der Waals surface area contributed by atoms with Gasteiger partial charge in [0.25, 0.3) is 0 Å². The van der Waals surface area contributed by atoms with Gasteiger partial charge >= 0.3 is 0 Å². The zero-order chi connectivity index (χ0) is 32.6. The van der Waals surface area contributed by atoms with Gasteiger partial charge in [-0.15, -0.1) is 0 Å². The molecule has 0 aliphatic carbocycles. The number of hydrogen-bond acceptors (Lipinski definition) is 4. The number of aromatic nitrogens is 3. The molecule has 4 nitrogen and oxygen atoms in total. The van der Waals surface area contributed by atoms with Crippen LogP contribution in [0.25, 0.3) is 89.5 Å². The molecule has 2 heterocycles. The minimum absolute atomic E-state index is 0.599. The van der Waals surface area contributed by atoms with Crippen LogP contribution in [0.1, 0.15) is 0 Å². The van der Waals surface area contributed by atoms with Crippen LogP contribution in [0.3, 0.4) is 0 Å². The molecule has 4 heteroatoms. The van der Waals surface area contributed by atoms with Gasteiger partial charge in [0.1, 0.15) is 11.2 Å². The molecule has 9 rings (SSSR count). The monoisotopic (exact) mass is 627 g/mol. The minimum Gasteiger partial charge on any atom is -0.455 e. The standard InChI is InChI=1S/C45H29N3O/c1-4-13-30(14-5-1)32-23-25-34(26-24-32)43-46-44(36-20-12-19-35(27-36)31-15-6-2-7-16-31)48-45(47-43)37-28-39(33-17-8-3-9-18-33)42-40(29-37)38-21-10-11-22-41(38)49-42/h1-29H. The van der Waals surface area contributed by atoms with Crippen molar-refractivity contribution in [2.75, 3.05) is 0 Å². The first-order valence-electron chi connectivity index (χ1n) is 16.4. The molecule has 0 amide bonds. The van der Waals surface area contributed by atoms with E-state index in [-0.39, 0.29) is 0 Å². The quantitative estimate of drug-likeness (QED) is 0.184. The molecule has 0 radical (unpaired) electrons. The molecule has 0 atom stereocenters. The lowest BCUT2D eigenvalue weighted by molar-refractivity contribution is 0.670. The third-order valence-electron chi connectivity index (χ3n) is 8.93. The molecule has 0 unspecified atom stereocenters. The highest BCUT2D eigenvalue weighted by molar-refractivity contribution is 6.11. The van der Waals surface area contributed by atoms with Gasteiger partial charge in [-0.3, -0.25) is 0 Å². The van der Waals surface area contributed by atoms with E-state index in [9.17, 15) is 0 Å². The summed E-state index contributed by atoms with van der Waals surface area (Å²) < 4.78 is 6.46. The fourth-order valence-corrected chi connectivity index (χ4v) is 6.46. The maximum atomic E-state index is 6.46. The van der Waals surface area contributed by atoms with Crippen molar-refractivity contribution in [1.29, 1.82) is 0 Å². The van der Waals surface area contributed by atoms with Crippen molar-refractivity contribution in [3.8, 4) is 67.5 Å². The molecule has 0 bridgehead atoms. The molecule has 0 N–H and O–H groups in total. The summed E-state index contributed by atoms with van der Waals surface area (Å²) in [5.74, 6) is 1.83. The topological polar surface area (TPSA) is 51.8 Å². The summed E-state index contributed by atoms with van der Waals surface area (Å²) >= 11 is 0. The van der Waals surface area contributed by atoms with Gasteiger partial charge in [0.2, 0.25) is 0 Å². The molecule has 0 saturated carbocycles. The molecule has 0 fully saturated rings. The Bertz CT molecular complexity index is 2580. The Balaban J connectivity index is 1.25. The van der Waals surface area contributed by atoms with E-state index in [2.05, 4.69) is 140 Å². The van der Waals surface area contributed by atoms with Crippen LogP contribution >= 0.6 is 0 Å². The molecule has 7 aromatic carbocycles. The maximum absolute atomic E-state index is 6.46. The zero-order valence-electron chi connectivity index (χ0n) is 26.5. The Morgan fingerprint density at radius 1 is 0.306 bits per heavy atom. The molecule has 0 spiro atoms. The van der Waals surface area contributed by atoms with Crippen LogP contribution in [0.5, 0.6) is 0 Å². The predicted octanol–water partition coefficient (Wildman–Crippen LogP) is 11.8. The van der Waals surface area contributed by atoms with E-state index in [0.29, 0.717) is 17.5 Å². The average molecular weight is 628 g/mol. The van der Waals surface area contributed by atoms with Crippen LogP contribution in [0.4, 0.5) is 0 Å². The molecule has 9 aromatic rings. The lowest BCUT2D eigenvalue weighted by Crippen LogP contribution is -2.00. The Morgan fingerprint density at radius 2 is 0.796 bits per heavy atom. The van der Waals surface area contributed by atoms with Gasteiger partial charge < -0.3 is 4.42 Å². The highest BCUT2D eigenvalue weighted by Crippen LogP contribution is 2.39. The summed E-state index contributed by atoms with van der Waals surface area (Å²) in [6.45, 7) is 0. The van der Waals surface area contributed by atoms with Gasteiger partial charge in [-0.2, -0.15) is 0 Å². The van der Waals surface area contributed by atoms with Gasteiger partial charge in [-0.1, -0.05) is 152 Å². The lowest BCUT2D eigenvalue weighted by atomic mass is 9.98. The van der Waals surface area contributed by atoms with E-state index >= 15 is 0 Å². The van der Waals surface area contributed by atoms with Crippen LogP contribution in [-0.4, -0.2) is 15.0 Å². The lowest BCUT2D eigenvalue weighted by Gasteiger charge is -2.11. The first kappa shape index (κ1) is 28.6. The number of benzene rings is 7. The third kappa shape index (κ3) is 5.45. The van der Waals surface area contributed by atoms with Gasteiger partial charge in [0.15, 0.2) is 17.5 Å². The predicted molar refractivity (Wildman–Crippen MR) is 200 cm³/mol. The molecule has 0 saturated heterocycles. The number of furan rings is 1. The molecular weight excluding hydrogens is 599 g/mol. The van der Waals surface area contributed by atoms with Crippen LogP contribution in [0.2, 0.25) is 0 Å². The van der Waals surface area contributed by atoms with E-state index in [1.807, 2.05) is 36.4 Å². The molecular formula is C45H29N3O. The van der Waals surface area contributed by atoms with Crippen LogP contribution < -0.4 is 0 Å². The maximum Gasteiger partial charge on any atom is 0.164 e. The summed E-state index contributed by atoms with van der Waals surface area (Å²) in [6, 6.07) is 60.4. The number of para-hydroxylation sites is 1. The largest absolute Gasteiger partial charge is 0.455 e. The Hall–Kier alpha value is -6.65. The fraction of sp³-hybridized carbons (Fsp3) is 0. The second-order valence-corrected chi connectivity index (χ2v) is 12.1. The van der Waals surface area contributed by atoms with E-state index < -0.39 is 0 Å². The third-order valence-corrected chi connectivity index (χ3v) is 8.93.